The topological polar surface area (TPSA) is 52.6 Å². The Morgan fingerprint density at radius 3 is 2.48 bits per heavy atom. The number of rotatable bonds is 5. The molecule has 0 aliphatic heterocycles. The average molecular weight is 377 g/mol. The zero-order valence-corrected chi connectivity index (χ0v) is 14.5. The molecular weight excluding hydrogens is 360 g/mol. The van der Waals surface area contributed by atoms with Crippen molar-refractivity contribution in [2.75, 3.05) is 6.61 Å². The monoisotopic (exact) mass is 376 g/mol. The summed E-state index contributed by atoms with van der Waals surface area (Å²) in [5, 5.41) is 0. The highest BCUT2D eigenvalue weighted by molar-refractivity contribution is 9.10. The molecule has 0 N–H and O–H groups in total. The molecule has 0 spiro atoms. The number of benzene rings is 2. The molecule has 0 aromatic heterocycles. The zero-order chi connectivity index (χ0) is 16.8. The first-order chi connectivity index (χ1) is 11.0. The maximum atomic E-state index is 12.2. The number of esters is 2. The Hall–Kier alpha value is -2.14. The van der Waals surface area contributed by atoms with E-state index in [1.807, 2.05) is 19.9 Å². The maximum Gasteiger partial charge on any atom is 0.344 e. The summed E-state index contributed by atoms with van der Waals surface area (Å²) in [7, 11) is 0. The second kappa shape index (κ2) is 7.92. The van der Waals surface area contributed by atoms with Gasteiger partial charge in [-0.2, -0.15) is 0 Å². The molecule has 0 aliphatic carbocycles. The predicted molar refractivity (Wildman–Crippen MR) is 90.7 cm³/mol. The molecule has 0 fully saturated rings. The molecule has 23 heavy (non-hydrogen) atoms. The van der Waals surface area contributed by atoms with Crippen LogP contribution in [0.15, 0.2) is 53.0 Å². The van der Waals surface area contributed by atoms with Crippen molar-refractivity contribution in [2.24, 2.45) is 5.92 Å². The Bertz CT molecular complexity index is 710. The van der Waals surface area contributed by atoms with Crippen molar-refractivity contribution in [1.29, 1.82) is 0 Å². The van der Waals surface area contributed by atoms with Crippen LogP contribution < -0.4 is 4.74 Å². The second-order valence-corrected chi connectivity index (χ2v) is 6.24. The van der Waals surface area contributed by atoms with Crippen LogP contribution in [0.5, 0.6) is 5.75 Å². The zero-order valence-electron chi connectivity index (χ0n) is 12.9. The van der Waals surface area contributed by atoms with Crippen molar-refractivity contribution in [2.45, 2.75) is 13.8 Å². The van der Waals surface area contributed by atoms with Gasteiger partial charge in [0.05, 0.1) is 17.7 Å². The Morgan fingerprint density at radius 1 is 1.04 bits per heavy atom. The fourth-order valence-corrected chi connectivity index (χ4v) is 2.25. The van der Waals surface area contributed by atoms with E-state index < -0.39 is 11.9 Å². The molecule has 0 bridgehead atoms. The molecule has 0 amide bonds. The van der Waals surface area contributed by atoms with E-state index in [1.54, 1.807) is 36.4 Å². The van der Waals surface area contributed by atoms with Crippen molar-refractivity contribution >= 4 is 27.9 Å². The average Bonchev–Trinajstić information content (AvgIpc) is 2.53. The summed E-state index contributed by atoms with van der Waals surface area (Å²) in [5.41, 5.74) is 0.767. The van der Waals surface area contributed by atoms with Gasteiger partial charge in [-0.1, -0.05) is 32.0 Å². The number of hydrogen-bond donors (Lipinski definition) is 0. The molecule has 0 radical (unpaired) electrons. The van der Waals surface area contributed by atoms with Crippen LogP contribution in [0.25, 0.3) is 0 Å². The van der Waals surface area contributed by atoms with Gasteiger partial charge >= 0.3 is 11.9 Å². The van der Waals surface area contributed by atoms with Crippen LogP contribution in [0, 0.1) is 5.92 Å². The van der Waals surface area contributed by atoms with Crippen molar-refractivity contribution in [3.05, 3.63) is 64.1 Å². The quantitative estimate of drug-likeness (QED) is 0.570. The van der Waals surface area contributed by atoms with Gasteiger partial charge in [0, 0.05) is 4.47 Å². The summed E-state index contributed by atoms with van der Waals surface area (Å²) in [4.78, 5) is 24.1. The van der Waals surface area contributed by atoms with E-state index in [0.29, 0.717) is 28.0 Å². The molecule has 4 nitrogen and oxygen atoms in total. The Kier molecular flexibility index (Phi) is 5.93. The highest BCUT2D eigenvalue weighted by atomic mass is 79.9. The Labute approximate surface area is 143 Å². The van der Waals surface area contributed by atoms with Crippen molar-refractivity contribution in [3.8, 4) is 5.75 Å². The smallest absolute Gasteiger partial charge is 0.344 e. The van der Waals surface area contributed by atoms with Crippen LogP contribution in [0.3, 0.4) is 0 Å². The summed E-state index contributed by atoms with van der Waals surface area (Å²) >= 11 is 3.31. The van der Waals surface area contributed by atoms with Crippen LogP contribution in [-0.2, 0) is 4.74 Å². The standard InChI is InChI=1S/C18H17BrO4/c1-12(2)11-22-17(20)13-6-5-7-14(10-13)23-18(21)15-8-3-4-9-16(15)19/h3-10,12H,11H2,1-2H3. The molecular formula is C18H17BrO4. The van der Waals surface area contributed by atoms with Crippen molar-refractivity contribution < 1.29 is 19.1 Å². The lowest BCUT2D eigenvalue weighted by atomic mass is 10.2. The number of halogens is 1. The van der Waals surface area contributed by atoms with Gasteiger partial charge in [-0.15, -0.1) is 0 Å². The molecule has 0 heterocycles. The minimum absolute atomic E-state index is 0.260. The van der Waals surface area contributed by atoms with Crippen LogP contribution in [0.4, 0.5) is 0 Å². The number of carbonyl (C=O) groups is 2. The number of hydrogen-bond acceptors (Lipinski definition) is 4. The van der Waals surface area contributed by atoms with Gasteiger partial charge in [0.15, 0.2) is 0 Å². The van der Waals surface area contributed by atoms with Gasteiger partial charge in [0.25, 0.3) is 0 Å². The second-order valence-electron chi connectivity index (χ2n) is 5.39. The van der Waals surface area contributed by atoms with E-state index in [1.165, 1.54) is 6.07 Å². The largest absolute Gasteiger partial charge is 0.462 e. The molecule has 0 unspecified atom stereocenters. The minimum Gasteiger partial charge on any atom is -0.462 e. The summed E-state index contributed by atoms with van der Waals surface area (Å²) in [6.45, 7) is 4.27. The minimum atomic E-state index is -0.495. The third kappa shape index (κ3) is 4.93. The number of carbonyl (C=O) groups excluding carboxylic acids is 2. The van der Waals surface area contributed by atoms with Gasteiger partial charge in [-0.05, 0) is 52.2 Å². The molecule has 2 aromatic rings. The van der Waals surface area contributed by atoms with E-state index in [-0.39, 0.29) is 5.92 Å². The normalized spacial score (nSPS) is 10.4. The highest BCUT2D eigenvalue weighted by Crippen LogP contribution is 2.20. The van der Waals surface area contributed by atoms with Gasteiger partial charge < -0.3 is 9.47 Å². The van der Waals surface area contributed by atoms with E-state index in [9.17, 15) is 9.59 Å². The third-order valence-electron chi connectivity index (χ3n) is 2.92. The highest BCUT2D eigenvalue weighted by Gasteiger charge is 2.14. The lowest BCUT2D eigenvalue weighted by Crippen LogP contribution is -2.12. The predicted octanol–water partition coefficient (Wildman–Crippen LogP) is 4.48. The Balaban J connectivity index is 2.09. The van der Waals surface area contributed by atoms with Crippen LogP contribution in [0.2, 0.25) is 0 Å². The fraction of sp³-hybridized carbons (Fsp3) is 0.222. The first-order valence-electron chi connectivity index (χ1n) is 7.21. The van der Waals surface area contributed by atoms with Crippen molar-refractivity contribution in [1.82, 2.24) is 0 Å². The van der Waals surface area contributed by atoms with Crippen molar-refractivity contribution in [3.63, 3.8) is 0 Å². The first-order valence-corrected chi connectivity index (χ1v) is 8.00. The molecule has 2 rings (SSSR count). The summed E-state index contributed by atoms with van der Waals surface area (Å²) in [5.74, 6) is -0.372. The van der Waals surface area contributed by atoms with Gasteiger partial charge in [0.2, 0.25) is 0 Å². The molecule has 0 saturated carbocycles. The summed E-state index contributed by atoms with van der Waals surface area (Å²) in [6.07, 6.45) is 0. The SMILES string of the molecule is CC(C)COC(=O)c1cccc(OC(=O)c2ccccc2Br)c1. The van der Waals surface area contributed by atoms with Crippen LogP contribution in [-0.4, -0.2) is 18.5 Å². The van der Waals surface area contributed by atoms with E-state index in [0.717, 1.165) is 0 Å². The lowest BCUT2D eigenvalue weighted by Gasteiger charge is -2.09. The summed E-state index contributed by atoms with van der Waals surface area (Å²) in [6, 6.07) is 13.4. The van der Waals surface area contributed by atoms with Crippen LogP contribution in [0.1, 0.15) is 34.6 Å². The Morgan fingerprint density at radius 2 is 1.78 bits per heavy atom. The van der Waals surface area contributed by atoms with E-state index >= 15 is 0 Å². The van der Waals surface area contributed by atoms with Crippen LogP contribution >= 0.6 is 15.9 Å². The lowest BCUT2D eigenvalue weighted by molar-refractivity contribution is 0.0457. The van der Waals surface area contributed by atoms with Gasteiger partial charge in [0.1, 0.15) is 5.75 Å². The molecule has 2 aromatic carbocycles. The molecule has 0 atom stereocenters. The molecule has 0 aliphatic rings. The molecule has 0 saturated heterocycles. The summed E-state index contributed by atoms with van der Waals surface area (Å²) < 4.78 is 11.1. The first kappa shape index (κ1) is 17.2. The van der Waals surface area contributed by atoms with E-state index in [2.05, 4.69) is 15.9 Å². The third-order valence-corrected chi connectivity index (χ3v) is 3.61. The molecule has 120 valence electrons. The van der Waals surface area contributed by atoms with Gasteiger partial charge in [-0.25, -0.2) is 9.59 Å². The maximum absolute atomic E-state index is 12.2. The number of ether oxygens (including phenoxy) is 2. The van der Waals surface area contributed by atoms with Gasteiger partial charge in [-0.3, -0.25) is 0 Å². The fourth-order valence-electron chi connectivity index (χ4n) is 1.80. The molecule has 5 heteroatoms. The van der Waals surface area contributed by atoms with E-state index in [4.69, 9.17) is 9.47 Å².